The first-order valence-corrected chi connectivity index (χ1v) is 6.10. The molecule has 1 unspecified atom stereocenters. The van der Waals surface area contributed by atoms with Gasteiger partial charge in [-0.15, -0.1) is 0 Å². The Morgan fingerprint density at radius 2 is 2.16 bits per heavy atom. The maximum Gasteiger partial charge on any atom is 0.254 e. The van der Waals surface area contributed by atoms with Gasteiger partial charge in [-0.3, -0.25) is 4.79 Å². The van der Waals surface area contributed by atoms with E-state index >= 15 is 0 Å². The van der Waals surface area contributed by atoms with E-state index in [1.807, 2.05) is 0 Å². The Labute approximate surface area is 112 Å². The number of methoxy groups -OCH3 is 2. The molecule has 1 atom stereocenters. The van der Waals surface area contributed by atoms with Crippen molar-refractivity contribution in [2.45, 2.75) is 6.10 Å². The molecule has 1 saturated heterocycles. The second kappa shape index (κ2) is 6.40. The van der Waals surface area contributed by atoms with Gasteiger partial charge in [0, 0.05) is 24.8 Å². The average Bonchev–Trinajstić information content (AvgIpc) is 2.48. The van der Waals surface area contributed by atoms with Crippen molar-refractivity contribution in [3.05, 3.63) is 18.2 Å². The molecule has 19 heavy (non-hydrogen) atoms. The Kier molecular flexibility index (Phi) is 4.59. The molecule has 6 heteroatoms. The summed E-state index contributed by atoms with van der Waals surface area (Å²) in [6.07, 6.45) is -0.457. The molecule has 1 amide bonds. The molecule has 0 aliphatic carbocycles. The molecule has 1 aromatic carbocycles. The normalized spacial score (nSPS) is 18.7. The van der Waals surface area contributed by atoms with Gasteiger partial charge < -0.3 is 24.8 Å². The first-order valence-electron chi connectivity index (χ1n) is 6.10. The summed E-state index contributed by atoms with van der Waals surface area (Å²) in [5, 5.41) is 5.91. The first kappa shape index (κ1) is 13.6. The number of nitrogens with one attached hydrogen (secondary N) is 2. The van der Waals surface area contributed by atoms with E-state index in [1.54, 1.807) is 32.4 Å². The molecule has 0 bridgehead atoms. The minimum atomic E-state index is -0.457. The van der Waals surface area contributed by atoms with E-state index < -0.39 is 6.10 Å². The van der Waals surface area contributed by atoms with Crippen molar-refractivity contribution >= 4 is 11.6 Å². The Bertz CT molecular complexity index is 444. The Morgan fingerprint density at radius 1 is 1.37 bits per heavy atom. The SMILES string of the molecule is COc1ccc(NC(=O)C2CNCCO2)cc1OC. The average molecular weight is 266 g/mol. The van der Waals surface area contributed by atoms with Crippen molar-refractivity contribution in [2.24, 2.45) is 0 Å². The highest BCUT2D eigenvalue weighted by Gasteiger charge is 2.21. The van der Waals surface area contributed by atoms with E-state index in [0.717, 1.165) is 6.54 Å². The molecule has 1 aromatic rings. The second-order valence-corrected chi connectivity index (χ2v) is 4.12. The van der Waals surface area contributed by atoms with Gasteiger partial charge in [0.05, 0.1) is 20.8 Å². The Balaban J connectivity index is 2.03. The molecular formula is C13H18N2O4. The van der Waals surface area contributed by atoms with Crippen LogP contribution in [-0.4, -0.2) is 45.9 Å². The van der Waals surface area contributed by atoms with E-state index in [4.69, 9.17) is 14.2 Å². The standard InChI is InChI=1S/C13H18N2O4/c1-17-10-4-3-9(7-11(10)18-2)15-13(16)12-8-14-5-6-19-12/h3-4,7,12,14H,5-6,8H2,1-2H3,(H,15,16). The molecule has 2 N–H and O–H groups in total. The number of hydrogen-bond donors (Lipinski definition) is 2. The number of benzene rings is 1. The molecule has 0 radical (unpaired) electrons. The van der Waals surface area contributed by atoms with Crippen molar-refractivity contribution in [3.8, 4) is 11.5 Å². The Morgan fingerprint density at radius 3 is 2.79 bits per heavy atom. The molecule has 0 aromatic heterocycles. The maximum atomic E-state index is 12.0. The third-order valence-corrected chi connectivity index (χ3v) is 2.87. The fraction of sp³-hybridized carbons (Fsp3) is 0.462. The summed E-state index contributed by atoms with van der Waals surface area (Å²) in [5.41, 5.74) is 0.650. The molecule has 1 aliphatic rings. The van der Waals surface area contributed by atoms with Crippen LogP contribution in [0.15, 0.2) is 18.2 Å². The molecule has 1 fully saturated rings. The van der Waals surface area contributed by atoms with Crippen LogP contribution >= 0.6 is 0 Å². The van der Waals surface area contributed by atoms with E-state index in [1.165, 1.54) is 0 Å². The molecule has 1 heterocycles. The van der Waals surface area contributed by atoms with Crippen LogP contribution in [0.1, 0.15) is 0 Å². The van der Waals surface area contributed by atoms with Gasteiger partial charge in [0.2, 0.25) is 0 Å². The number of ether oxygens (including phenoxy) is 3. The number of hydrogen-bond acceptors (Lipinski definition) is 5. The van der Waals surface area contributed by atoms with Gasteiger partial charge in [0.25, 0.3) is 5.91 Å². The van der Waals surface area contributed by atoms with Crippen LogP contribution in [0, 0.1) is 0 Å². The molecule has 0 saturated carbocycles. The summed E-state index contributed by atoms with van der Waals surface area (Å²) < 4.78 is 15.7. The van der Waals surface area contributed by atoms with Crippen LogP contribution in [0.3, 0.4) is 0 Å². The highest BCUT2D eigenvalue weighted by atomic mass is 16.5. The van der Waals surface area contributed by atoms with Crippen LogP contribution in [0.5, 0.6) is 11.5 Å². The van der Waals surface area contributed by atoms with Gasteiger partial charge in [0.1, 0.15) is 6.10 Å². The monoisotopic (exact) mass is 266 g/mol. The van der Waals surface area contributed by atoms with Gasteiger partial charge in [0.15, 0.2) is 11.5 Å². The third-order valence-electron chi connectivity index (χ3n) is 2.87. The summed E-state index contributed by atoms with van der Waals surface area (Å²) in [6, 6.07) is 5.22. The summed E-state index contributed by atoms with van der Waals surface area (Å²) in [6.45, 7) is 1.85. The second-order valence-electron chi connectivity index (χ2n) is 4.12. The minimum Gasteiger partial charge on any atom is -0.493 e. The summed E-state index contributed by atoms with van der Waals surface area (Å²) in [4.78, 5) is 12.0. The molecule has 1 aliphatic heterocycles. The van der Waals surface area contributed by atoms with Gasteiger partial charge in [-0.05, 0) is 12.1 Å². The molecule has 6 nitrogen and oxygen atoms in total. The lowest BCUT2D eigenvalue weighted by molar-refractivity contribution is -0.128. The predicted molar refractivity (Wildman–Crippen MR) is 70.8 cm³/mol. The predicted octanol–water partition coefficient (Wildman–Crippen LogP) is 0.631. The lowest BCUT2D eigenvalue weighted by Gasteiger charge is -2.22. The fourth-order valence-electron chi connectivity index (χ4n) is 1.87. The van der Waals surface area contributed by atoms with Crippen LogP contribution < -0.4 is 20.1 Å². The quantitative estimate of drug-likeness (QED) is 0.836. The van der Waals surface area contributed by atoms with Crippen molar-refractivity contribution in [1.82, 2.24) is 5.32 Å². The lowest BCUT2D eigenvalue weighted by Crippen LogP contribution is -2.45. The van der Waals surface area contributed by atoms with Gasteiger partial charge >= 0.3 is 0 Å². The highest BCUT2D eigenvalue weighted by molar-refractivity contribution is 5.94. The summed E-state index contributed by atoms with van der Waals surface area (Å²) >= 11 is 0. The maximum absolute atomic E-state index is 12.0. The van der Waals surface area contributed by atoms with Crippen LogP contribution in [-0.2, 0) is 9.53 Å². The summed E-state index contributed by atoms with van der Waals surface area (Å²) in [7, 11) is 3.12. The Hall–Kier alpha value is -1.79. The number of carbonyl (C=O) groups is 1. The number of carbonyl (C=O) groups excluding carboxylic acids is 1. The van der Waals surface area contributed by atoms with Crippen LogP contribution in [0.25, 0.3) is 0 Å². The highest BCUT2D eigenvalue weighted by Crippen LogP contribution is 2.29. The summed E-state index contributed by atoms with van der Waals surface area (Å²) in [5.74, 6) is 1.03. The largest absolute Gasteiger partial charge is 0.493 e. The van der Waals surface area contributed by atoms with E-state index in [2.05, 4.69) is 10.6 Å². The van der Waals surface area contributed by atoms with E-state index in [-0.39, 0.29) is 5.91 Å². The van der Waals surface area contributed by atoms with Gasteiger partial charge in [-0.25, -0.2) is 0 Å². The van der Waals surface area contributed by atoms with Crippen LogP contribution in [0.4, 0.5) is 5.69 Å². The number of rotatable bonds is 4. The molecule has 104 valence electrons. The van der Waals surface area contributed by atoms with Crippen molar-refractivity contribution in [1.29, 1.82) is 0 Å². The number of anilines is 1. The number of morpholine rings is 1. The van der Waals surface area contributed by atoms with Crippen molar-refractivity contribution in [2.75, 3.05) is 39.2 Å². The zero-order chi connectivity index (χ0) is 13.7. The van der Waals surface area contributed by atoms with Crippen molar-refractivity contribution < 1.29 is 19.0 Å². The molecular weight excluding hydrogens is 248 g/mol. The topological polar surface area (TPSA) is 68.8 Å². The van der Waals surface area contributed by atoms with E-state index in [0.29, 0.717) is 30.3 Å². The fourth-order valence-corrected chi connectivity index (χ4v) is 1.87. The van der Waals surface area contributed by atoms with Crippen LogP contribution in [0.2, 0.25) is 0 Å². The smallest absolute Gasteiger partial charge is 0.254 e. The first-order chi connectivity index (χ1) is 9.24. The van der Waals surface area contributed by atoms with E-state index in [9.17, 15) is 4.79 Å². The lowest BCUT2D eigenvalue weighted by atomic mass is 10.2. The van der Waals surface area contributed by atoms with Gasteiger partial charge in [-0.2, -0.15) is 0 Å². The zero-order valence-corrected chi connectivity index (χ0v) is 11.1. The minimum absolute atomic E-state index is 0.167. The molecule has 0 spiro atoms. The number of amides is 1. The zero-order valence-electron chi connectivity index (χ0n) is 11.1. The van der Waals surface area contributed by atoms with Crippen molar-refractivity contribution in [3.63, 3.8) is 0 Å². The molecule has 2 rings (SSSR count). The van der Waals surface area contributed by atoms with Gasteiger partial charge in [-0.1, -0.05) is 0 Å². The third kappa shape index (κ3) is 3.36.